The van der Waals surface area contributed by atoms with Crippen molar-refractivity contribution in [3.8, 4) is 0 Å². The van der Waals surface area contributed by atoms with E-state index in [-0.39, 0.29) is 5.91 Å². The molecular weight excluding hydrogens is 274 g/mol. The Morgan fingerprint density at radius 2 is 2.10 bits per heavy atom. The largest absolute Gasteiger partial charge is 0.373 e. The van der Waals surface area contributed by atoms with Crippen molar-refractivity contribution in [3.63, 3.8) is 0 Å². The molecule has 1 amide bonds. The lowest BCUT2D eigenvalue weighted by atomic mass is 10.1. The molecule has 0 saturated heterocycles. The summed E-state index contributed by atoms with van der Waals surface area (Å²) < 4.78 is 11.0. The summed E-state index contributed by atoms with van der Waals surface area (Å²) in [7, 11) is 0.860. The molecule has 0 aliphatic carbocycles. The van der Waals surface area contributed by atoms with Gasteiger partial charge in [-0.3, -0.25) is 9.00 Å². The Kier molecular flexibility index (Phi) is 4.68. The predicted molar refractivity (Wildman–Crippen MR) is 82.6 cm³/mol. The maximum atomic E-state index is 12.0. The number of carbonyl (C=O) groups is 1. The van der Waals surface area contributed by atoms with Crippen LogP contribution in [-0.4, -0.2) is 40.7 Å². The van der Waals surface area contributed by atoms with Gasteiger partial charge in [0, 0.05) is 41.8 Å². The summed E-state index contributed by atoms with van der Waals surface area (Å²) in [5.41, 5.74) is 0.356. The van der Waals surface area contributed by atoms with E-state index in [1.54, 1.807) is 19.4 Å². The molecule has 1 aromatic carbocycles. The molecule has 0 spiro atoms. The molecule has 6 heteroatoms. The minimum Gasteiger partial charge on any atom is -0.373 e. The molecule has 106 valence electrons. The molecule has 0 aliphatic rings. The van der Waals surface area contributed by atoms with Gasteiger partial charge in [-0.05, 0) is 11.5 Å². The molecule has 1 unspecified atom stereocenters. The molecule has 0 fully saturated rings. The monoisotopic (exact) mass is 291 g/mol. The quantitative estimate of drug-likeness (QED) is 0.873. The van der Waals surface area contributed by atoms with Crippen LogP contribution in [-0.2, 0) is 10.8 Å². The van der Waals surface area contributed by atoms with E-state index in [2.05, 4.69) is 15.6 Å². The average molecular weight is 291 g/mol. The number of nitrogens with zero attached hydrogens (tertiary/aromatic N) is 1. The molecule has 20 heavy (non-hydrogen) atoms. The lowest BCUT2D eigenvalue weighted by Gasteiger charge is -2.09. The van der Waals surface area contributed by atoms with Crippen molar-refractivity contribution in [1.82, 2.24) is 10.3 Å². The van der Waals surface area contributed by atoms with Crippen LogP contribution in [0.3, 0.4) is 0 Å². The van der Waals surface area contributed by atoms with E-state index >= 15 is 0 Å². The van der Waals surface area contributed by atoms with Gasteiger partial charge in [-0.25, -0.2) is 4.98 Å². The number of pyridine rings is 1. The van der Waals surface area contributed by atoms with Crippen molar-refractivity contribution in [3.05, 3.63) is 36.0 Å². The molecule has 2 rings (SSSR count). The lowest BCUT2D eigenvalue weighted by molar-refractivity contribution is 0.0951. The normalized spacial score (nSPS) is 12.1. The number of hydrogen-bond donors (Lipinski definition) is 2. The molecular formula is C14H17N3O2S. The lowest BCUT2D eigenvalue weighted by Crippen LogP contribution is -2.28. The first-order valence-corrected chi connectivity index (χ1v) is 8.00. The zero-order valence-electron chi connectivity index (χ0n) is 11.5. The summed E-state index contributed by atoms with van der Waals surface area (Å²) in [6.07, 6.45) is 1.61. The molecule has 0 aliphatic heterocycles. The summed E-state index contributed by atoms with van der Waals surface area (Å²) in [6.45, 7) is 0.380. The summed E-state index contributed by atoms with van der Waals surface area (Å²) in [4.78, 5) is 16.4. The van der Waals surface area contributed by atoms with Crippen LogP contribution in [0.15, 0.2) is 30.3 Å². The fourth-order valence-corrected chi connectivity index (χ4v) is 2.29. The van der Waals surface area contributed by atoms with Gasteiger partial charge < -0.3 is 10.6 Å². The second-order valence-corrected chi connectivity index (χ2v) is 5.92. The molecule has 0 radical (unpaired) electrons. The number of fused-ring (bicyclic) bond motifs is 1. The highest BCUT2D eigenvalue weighted by Crippen LogP contribution is 2.21. The Bertz CT molecular complexity index is 658. The fourth-order valence-electron chi connectivity index (χ4n) is 1.90. The van der Waals surface area contributed by atoms with E-state index in [1.807, 2.05) is 24.3 Å². The number of carbonyl (C=O) groups excluding carboxylic acids is 1. The van der Waals surface area contributed by atoms with Crippen molar-refractivity contribution in [2.45, 2.75) is 0 Å². The summed E-state index contributed by atoms with van der Waals surface area (Å²) in [5, 5.41) is 7.65. The summed E-state index contributed by atoms with van der Waals surface area (Å²) >= 11 is 0. The SMILES string of the molecule is CNc1nc(C(=O)NCCS(C)=O)cc2ccccc12. The molecule has 5 nitrogen and oxygen atoms in total. The van der Waals surface area contributed by atoms with Gasteiger partial charge in [0.25, 0.3) is 5.91 Å². The molecule has 1 aromatic heterocycles. The Morgan fingerprint density at radius 1 is 1.35 bits per heavy atom. The molecule has 0 saturated carbocycles. The van der Waals surface area contributed by atoms with Gasteiger partial charge >= 0.3 is 0 Å². The second-order valence-electron chi connectivity index (χ2n) is 4.36. The van der Waals surface area contributed by atoms with Crippen molar-refractivity contribution in [1.29, 1.82) is 0 Å². The van der Waals surface area contributed by atoms with Gasteiger partial charge in [-0.2, -0.15) is 0 Å². The third-order valence-electron chi connectivity index (χ3n) is 2.88. The topological polar surface area (TPSA) is 71.1 Å². The van der Waals surface area contributed by atoms with Crippen LogP contribution in [0.2, 0.25) is 0 Å². The van der Waals surface area contributed by atoms with Crippen LogP contribution < -0.4 is 10.6 Å². The Labute approximate surface area is 120 Å². The number of anilines is 1. The third-order valence-corrected chi connectivity index (χ3v) is 3.66. The van der Waals surface area contributed by atoms with E-state index in [0.29, 0.717) is 23.8 Å². The fraction of sp³-hybridized carbons (Fsp3) is 0.286. The van der Waals surface area contributed by atoms with Crippen LogP contribution in [0.5, 0.6) is 0 Å². The van der Waals surface area contributed by atoms with E-state index in [9.17, 15) is 9.00 Å². The van der Waals surface area contributed by atoms with Gasteiger partial charge in [0.2, 0.25) is 0 Å². The Balaban J connectivity index is 2.25. The highest BCUT2D eigenvalue weighted by molar-refractivity contribution is 7.84. The van der Waals surface area contributed by atoms with Crippen LogP contribution >= 0.6 is 0 Å². The smallest absolute Gasteiger partial charge is 0.270 e. The van der Waals surface area contributed by atoms with Gasteiger partial charge in [0.1, 0.15) is 11.5 Å². The van der Waals surface area contributed by atoms with Crippen molar-refractivity contribution in [2.24, 2.45) is 0 Å². The number of nitrogens with one attached hydrogen (secondary N) is 2. The molecule has 2 aromatic rings. The van der Waals surface area contributed by atoms with Gasteiger partial charge in [0.15, 0.2) is 0 Å². The summed E-state index contributed by atoms with van der Waals surface area (Å²) in [5.74, 6) is 0.864. The highest BCUT2D eigenvalue weighted by Gasteiger charge is 2.11. The van der Waals surface area contributed by atoms with E-state index in [1.165, 1.54) is 0 Å². The zero-order chi connectivity index (χ0) is 14.5. The van der Waals surface area contributed by atoms with Crippen molar-refractivity contribution >= 4 is 33.3 Å². The van der Waals surface area contributed by atoms with Crippen molar-refractivity contribution in [2.75, 3.05) is 30.9 Å². The van der Waals surface area contributed by atoms with Crippen LogP contribution in [0.1, 0.15) is 10.5 Å². The number of benzene rings is 1. The van der Waals surface area contributed by atoms with Gasteiger partial charge in [-0.15, -0.1) is 0 Å². The average Bonchev–Trinajstić information content (AvgIpc) is 2.45. The Hall–Kier alpha value is -1.95. The maximum Gasteiger partial charge on any atom is 0.270 e. The van der Waals surface area contributed by atoms with E-state index in [0.717, 1.165) is 10.8 Å². The minimum absolute atomic E-state index is 0.252. The standard InChI is InChI=1S/C14H17N3O2S/c1-15-13-11-6-4-3-5-10(11)9-12(17-13)14(18)16-7-8-20(2)19/h3-6,9H,7-8H2,1-2H3,(H,15,17)(H,16,18). The van der Waals surface area contributed by atoms with E-state index in [4.69, 9.17) is 0 Å². The second kappa shape index (κ2) is 6.47. The minimum atomic E-state index is -0.914. The Morgan fingerprint density at radius 3 is 2.80 bits per heavy atom. The maximum absolute atomic E-state index is 12.0. The summed E-state index contributed by atoms with van der Waals surface area (Å²) in [6, 6.07) is 9.51. The van der Waals surface area contributed by atoms with Gasteiger partial charge in [-0.1, -0.05) is 24.3 Å². The molecule has 2 N–H and O–H groups in total. The number of aromatic nitrogens is 1. The first-order chi connectivity index (χ1) is 9.61. The van der Waals surface area contributed by atoms with Gasteiger partial charge in [0.05, 0.1) is 0 Å². The predicted octanol–water partition coefficient (Wildman–Crippen LogP) is 1.38. The number of hydrogen-bond acceptors (Lipinski definition) is 4. The van der Waals surface area contributed by atoms with E-state index < -0.39 is 10.8 Å². The number of amides is 1. The van der Waals surface area contributed by atoms with Crippen molar-refractivity contribution < 1.29 is 9.00 Å². The first kappa shape index (κ1) is 14.5. The molecule has 0 bridgehead atoms. The van der Waals surface area contributed by atoms with Crippen LogP contribution in [0, 0.1) is 0 Å². The highest BCUT2D eigenvalue weighted by atomic mass is 32.2. The van der Waals surface area contributed by atoms with Crippen LogP contribution in [0.25, 0.3) is 10.8 Å². The zero-order valence-corrected chi connectivity index (χ0v) is 12.3. The molecule has 1 heterocycles. The first-order valence-electron chi connectivity index (χ1n) is 6.27. The third kappa shape index (κ3) is 3.33. The number of rotatable bonds is 5. The van der Waals surface area contributed by atoms with Crippen LogP contribution in [0.4, 0.5) is 5.82 Å². The molecule has 1 atom stereocenters.